The summed E-state index contributed by atoms with van der Waals surface area (Å²) >= 11 is 0. The summed E-state index contributed by atoms with van der Waals surface area (Å²) < 4.78 is 0. The summed E-state index contributed by atoms with van der Waals surface area (Å²) in [5, 5.41) is 12.7. The van der Waals surface area contributed by atoms with Crippen molar-refractivity contribution >= 4 is 11.7 Å². The van der Waals surface area contributed by atoms with Crippen LogP contribution in [0.5, 0.6) is 0 Å². The Labute approximate surface area is 127 Å². The van der Waals surface area contributed by atoms with Crippen molar-refractivity contribution in [3.8, 4) is 0 Å². The van der Waals surface area contributed by atoms with Crippen LogP contribution in [-0.4, -0.2) is 36.2 Å². The molecule has 2 rings (SSSR count). The number of benzene rings is 1. The standard InChI is InChI=1S/C17H26N2O2/c1-13-7-4-5-8-15(13)19(3)12-6-11-17(2,16(20)21)18-14-9-10-14/h4-5,7-8,14,18H,6,9-12H2,1-3H3,(H,20,21). The van der Waals surface area contributed by atoms with Crippen LogP contribution in [-0.2, 0) is 4.79 Å². The van der Waals surface area contributed by atoms with Gasteiger partial charge in [-0.2, -0.15) is 0 Å². The van der Waals surface area contributed by atoms with E-state index in [1.54, 1.807) is 6.92 Å². The molecule has 1 unspecified atom stereocenters. The maximum Gasteiger partial charge on any atom is 0.323 e. The van der Waals surface area contributed by atoms with E-state index in [0.717, 1.165) is 25.8 Å². The summed E-state index contributed by atoms with van der Waals surface area (Å²) in [6.07, 6.45) is 3.71. The summed E-state index contributed by atoms with van der Waals surface area (Å²) in [5.41, 5.74) is 1.66. The van der Waals surface area contributed by atoms with Gasteiger partial charge in [0.05, 0.1) is 0 Å². The summed E-state index contributed by atoms with van der Waals surface area (Å²) in [6, 6.07) is 8.68. The minimum atomic E-state index is -0.798. The number of para-hydroxylation sites is 1. The van der Waals surface area contributed by atoms with Crippen LogP contribution in [0.4, 0.5) is 5.69 Å². The van der Waals surface area contributed by atoms with Gasteiger partial charge in [-0.05, 0) is 51.2 Å². The molecule has 0 radical (unpaired) electrons. The zero-order valence-electron chi connectivity index (χ0n) is 13.2. The Balaban J connectivity index is 1.87. The van der Waals surface area contributed by atoms with E-state index < -0.39 is 11.5 Å². The number of anilines is 1. The highest BCUT2D eigenvalue weighted by atomic mass is 16.4. The zero-order chi connectivity index (χ0) is 15.5. The largest absolute Gasteiger partial charge is 0.480 e. The third kappa shape index (κ3) is 4.21. The minimum absolute atomic E-state index is 0.403. The molecule has 116 valence electrons. The summed E-state index contributed by atoms with van der Waals surface area (Å²) in [6.45, 7) is 4.77. The lowest BCUT2D eigenvalue weighted by molar-refractivity contribution is -0.144. The quantitative estimate of drug-likeness (QED) is 0.773. The van der Waals surface area contributed by atoms with Gasteiger partial charge in [-0.1, -0.05) is 18.2 Å². The number of aryl methyl sites for hydroxylation is 1. The van der Waals surface area contributed by atoms with Gasteiger partial charge in [0.2, 0.25) is 0 Å². The molecule has 1 saturated carbocycles. The molecule has 1 aliphatic carbocycles. The van der Waals surface area contributed by atoms with Crippen molar-refractivity contribution in [3.63, 3.8) is 0 Å². The maximum absolute atomic E-state index is 11.5. The highest BCUT2D eigenvalue weighted by Crippen LogP contribution is 2.25. The van der Waals surface area contributed by atoms with Crippen molar-refractivity contribution in [1.82, 2.24) is 5.32 Å². The molecule has 21 heavy (non-hydrogen) atoms. The van der Waals surface area contributed by atoms with Crippen LogP contribution in [0.15, 0.2) is 24.3 Å². The molecule has 1 fully saturated rings. The van der Waals surface area contributed by atoms with Crippen molar-refractivity contribution in [2.45, 2.75) is 51.1 Å². The lowest BCUT2D eigenvalue weighted by Gasteiger charge is -2.28. The van der Waals surface area contributed by atoms with Crippen molar-refractivity contribution < 1.29 is 9.90 Å². The fraction of sp³-hybridized carbons (Fsp3) is 0.588. The SMILES string of the molecule is Cc1ccccc1N(C)CCCC(C)(NC1CC1)C(=O)O. The molecule has 0 bridgehead atoms. The first kappa shape index (κ1) is 15.8. The van der Waals surface area contributed by atoms with E-state index in [2.05, 4.69) is 36.3 Å². The van der Waals surface area contributed by atoms with Gasteiger partial charge in [-0.15, -0.1) is 0 Å². The van der Waals surface area contributed by atoms with Gasteiger partial charge in [-0.3, -0.25) is 10.1 Å². The van der Waals surface area contributed by atoms with Gasteiger partial charge >= 0.3 is 5.97 Å². The summed E-state index contributed by atoms with van der Waals surface area (Å²) in [7, 11) is 2.06. The van der Waals surface area contributed by atoms with Crippen LogP contribution in [0.3, 0.4) is 0 Å². The van der Waals surface area contributed by atoms with Crippen molar-refractivity contribution in [2.24, 2.45) is 0 Å². The lowest BCUT2D eigenvalue weighted by atomic mass is 9.95. The van der Waals surface area contributed by atoms with E-state index >= 15 is 0 Å². The van der Waals surface area contributed by atoms with E-state index in [4.69, 9.17) is 0 Å². The number of hydrogen-bond acceptors (Lipinski definition) is 3. The summed E-state index contributed by atoms with van der Waals surface area (Å²) in [5.74, 6) is -0.743. The average molecular weight is 290 g/mol. The third-order valence-corrected chi connectivity index (χ3v) is 4.27. The molecule has 1 aromatic carbocycles. The van der Waals surface area contributed by atoms with Crippen LogP contribution < -0.4 is 10.2 Å². The number of rotatable bonds is 8. The number of carbonyl (C=O) groups is 1. The monoisotopic (exact) mass is 290 g/mol. The van der Waals surface area contributed by atoms with E-state index in [9.17, 15) is 9.90 Å². The molecule has 0 spiro atoms. The number of aliphatic carboxylic acids is 1. The molecule has 1 aromatic rings. The first-order valence-electron chi connectivity index (χ1n) is 7.70. The van der Waals surface area contributed by atoms with Gasteiger partial charge in [0, 0.05) is 25.3 Å². The molecule has 4 heteroatoms. The second kappa shape index (κ2) is 6.48. The molecule has 4 nitrogen and oxygen atoms in total. The number of carboxylic acids is 1. The summed E-state index contributed by atoms with van der Waals surface area (Å²) in [4.78, 5) is 13.7. The van der Waals surface area contributed by atoms with Crippen molar-refractivity contribution in [1.29, 1.82) is 0 Å². The topological polar surface area (TPSA) is 52.6 Å². The lowest BCUT2D eigenvalue weighted by Crippen LogP contribution is -2.50. The zero-order valence-corrected chi connectivity index (χ0v) is 13.2. The van der Waals surface area contributed by atoms with Crippen molar-refractivity contribution in [2.75, 3.05) is 18.5 Å². The molecular weight excluding hydrogens is 264 g/mol. The van der Waals surface area contributed by atoms with Gasteiger partial charge < -0.3 is 10.0 Å². The molecular formula is C17H26N2O2. The highest BCUT2D eigenvalue weighted by Gasteiger charge is 2.37. The molecule has 2 N–H and O–H groups in total. The first-order chi connectivity index (χ1) is 9.92. The fourth-order valence-corrected chi connectivity index (χ4v) is 2.70. The average Bonchev–Trinajstić information content (AvgIpc) is 3.22. The van der Waals surface area contributed by atoms with Crippen LogP contribution in [0.2, 0.25) is 0 Å². The molecule has 0 saturated heterocycles. The maximum atomic E-state index is 11.5. The van der Waals surface area contributed by atoms with E-state index in [1.807, 2.05) is 12.1 Å². The van der Waals surface area contributed by atoms with Crippen LogP contribution >= 0.6 is 0 Å². The molecule has 0 aromatic heterocycles. The Bertz CT molecular complexity index is 499. The van der Waals surface area contributed by atoms with E-state index in [0.29, 0.717) is 12.5 Å². The van der Waals surface area contributed by atoms with E-state index in [1.165, 1.54) is 11.3 Å². The second-order valence-corrected chi connectivity index (χ2v) is 6.37. The van der Waals surface area contributed by atoms with Crippen LogP contribution in [0, 0.1) is 6.92 Å². The highest BCUT2D eigenvalue weighted by molar-refractivity contribution is 5.78. The molecule has 0 aliphatic heterocycles. The third-order valence-electron chi connectivity index (χ3n) is 4.27. The Morgan fingerprint density at radius 1 is 1.43 bits per heavy atom. The fourth-order valence-electron chi connectivity index (χ4n) is 2.70. The molecule has 0 amide bonds. The molecule has 1 atom stereocenters. The molecule has 0 heterocycles. The Morgan fingerprint density at radius 2 is 2.10 bits per heavy atom. The number of carboxylic acid groups (broad SMARTS) is 1. The van der Waals surface area contributed by atoms with Gasteiger partial charge in [0.25, 0.3) is 0 Å². The minimum Gasteiger partial charge on any atom is -0.480 e. The predicted molar refractivity (Wildman–Crippen MR) is 85.9 cm³/mol. The number of hydrogen-bond donors (Lipinski definition) is 2. The Morgan fingerprint density at radius 3 is 2.67 bits per heavy atom. The van der Waals surface area contributed by atoms with Crippen LogP contribution in [0.25, 0.3) is 0 Å². The number of nitrogens with one attached hydrogen (secondary N) is 1. The Kier molecular flexibility index (Phi) is 4.88. The normalized spacial score (nSPS) is 17.3. The molecule has 1 aliphatic rings. The number of nitrogens with zero attached hydrogens (tertiary/aromatic N) is 1. The Hall–Kier alpha value is -1.55. The van der Waals surface area contributed by atoms with Crippen molar-refractivity contribution in [3.05, 3.63) is 29.8 Å². The first-order valence-corrected chi connectivity index (χ1v) is 7.70. The van der Waals surface area contributed by atoms with Gasteiger partial charge in [0.1, 0.15) is 5.54 Å². The van der Waals surface area contributed by atoms with Gasteiger partial charge in [-0.25, -0.2) is 0 Å². The smallest absolute Gasteiger partial charge is 0.323 e. The van der Waals surface area contributed by atoms with E-state index in [-0.39, 0.29) is 0 Å². The predicted octanol–water partition coefficient (Wildman–Crippen LogP) is 2.81. The second-order valence-electron chi connectivity index (χ2n) is 6.37. The van der Waals surface area contributed by atoms with Crippen LogP contribution in [0.1, 0.15) is 38.2 Å². The van der Waals surface area contributed by atoms with Gasteiger partial charge in [0.15, 0.2) is 0 Å².